The van der Waals surface area contributed by atoms with Crippen LogP contribution >= 0.6 is 0 Å². The van der Waals surface area contributed by atoms with Gasteiger partial charge in [-0.3, -0.25) is 4.79 Å². The maximum atomic E-state index is 11.5. The Labute approximate surface area is 115 Å². The van der Waals surface area contributed by atoms with Crippen molar-refractivity contribution in [2.45, 2.75) is 56.7 Å². The van der Waals surface area contributed by atoms with E-state index in [2.05, 4.69) is 10.2 Å². The van der Waals surface area contributed by atoms with Gasteiger partial charge < -0.3 is 20.1 Å². The lowest BCUT2D eigenvalue weighted by atomic mass is 9.96. The zero-order valence-corrected chi connectivity index (χ0v) is 12.0. The molecule has 0 aromatic carbocycles. The fourth-order valence-corrected chi connectivity index (χ4v) is 3.58. The number of methoxy groups -OCH3 is 1. The second-order valence-corrected chi connectivity index (χ2v) is 5.79. The molecule has 1 heterocycles. The van der Waals surface area contributed by atoms with Crippen molar-refractivity contribution >= 4 is 5.97 Å². The highest BCUT2D eigenvalue weighted by Crippen LogP contribution is 2.34. The number of rotatable bonds is 5. The summed E-state index contributed by atoms with van der Waals surface area (Å²) in [6, 6.07) is 0.410. The number of hydrogen-bond acceptors (Lipinski definition) is 4. The predicted octanol–water partition coefficient (Wildman–Crippen LogP) is 1.08. The van der Waals surface area contributed by atoms with E-state index in [-0.39, 0.29) is 0 Å². The summed E-state index contributed by atoms with van der Waals surface area (Å²) in [5.74, 6) is -0.691. The van der Waals surface area contributed by atoms with Gasteiger partial charge in [0.25, 0.3) is 0 Å². The van der Waals surface area contributed by atoms with Gasteiger partial charge in [-0.15, -0.1) is 0 Å². The SMILES string of the molecule is CCNC1(C(=O)O)CCC(N2CCC(OC)CC2)C1. The Morgan fingerprint density at radius 2 is 2.11 bits per heavy atom. The maximum absolute atomic E-state index is 11.5. The van der Waals surface area contributed by atoms with Crippen molar-refractivity contribution in [2.75, 3.05) is 26.7 Å². The zero-order valence-electron chi connectivity index (χ0n) is 12.0. The Morgan fingerprint density at radius 1 is 1.42 bits per heavy atom. The molecule has 2 N–H and O–H groups in total. The minimum Gasteiger partial charge on any atom is -0.480 e. The van der Waals surface area contributed by atoms with E-state index < -0.39 is 11.5 Å². The maximum Gasteiger partial charge on any atom is 0.323 e. The third kappa shape index (κ3) is 3.09. The van der Waals surface area contributed by atoms with Gasteiger partial charge in [0.2, 0.25) is 0 Å². The molecule has 0 radical (unpaired) electrons. The summed E-state index contributed by atoms with van der Waals surface area (Å²) < 4.78 is 5.39. The van der Waals surface area contributed by atoms with Crippen LogP contribution in [0.15, 0.2) is 0 Å². The van der Waals surface area contributed by atoms with Crippen LogP contribution in [0.1, 0.15) is 39.0 Å². The lowest BCUT2D eigenvalue weighted by Crippen LogP contribution is -2.52. The van der Waals surface area contributed by atoms with Gasteiger partial charge in [0, 0.05) is 26.2 Å². The van der Waals surface area contributed by atoms with Gasteiger partial charge in [-0.2, -0.15) is 0 Å². The van der Waals surface area contributed by atoms with Crippen LogP contribution in [0.5, 0.6) is 0 Å². The molecule has 0 aromatic rings. The summed E-state index contributed by atoms with van der Waals surface area (Å²) in [4.78, 5) is 14.0. The number of nitrogens with zero attached hydrogens (tertiary/aromatic N) is 1. The van der Waals surface area contributed by atoms with E-state index in [1.165, 1.54) is 0 Å². The molecule has 0 aromatic heterocycles. The van der Waals surface area contributed by atoms with Crippen LogP contribution in [-0.4, -0.2) is 60.4 Å². The monoisotopic (exact) mass is 270 g/mol. The van der Waals surface area contributed by atoms with Crippen LogP contribution in [-0.2, 0) is 9.53 Å². The highest BCUT2D eigenvalue weighted by Gasteiger charge is 2.46. The Kier molecular flexibility index (Phi) is 4.81. The Hall–Kier alpha value is -0.650. The third-order valence-corrected chi connectivity index (χ3v) is 4.74. The average Bonchev–Trinajstić information content (AvgIpc) is 2.85. The molecule has 2 rings (SSSR count). The molecular weight excluding hydrogens is 244 g/mol. The molecule has 1 aliphatic heterocycles. The van der Waals surface area contributed by atoms with Gasteiger partial charge in [0.15, 0.2) is 0 Å². The molecule has 2 unspecified atom stereocenters. The first kappa shape index (κ1) is 14.8. The first-order valence-electron chi connectivity index (χ1n) is 7.36. The number of likely N-dealkylation sites (N-methyl/N-ethyl adjacent to an activating group) is 1. The zero-order chi connectivity index (χ0) is 13.9. The Morgan fingerprint density at radius 3 is 2.63 bits per heavy atom. The second kappa shape index (κ2) is 6.20. The van der Waals surface area contributed by atoms with E-state index >= 15 is 0 Å². The highest BCUT2D eigenvalue weighted by molar-refractivity contribution is 5.79. The Bertz CT molecular complexity index is 316. The number of hydrogen-bond donors (Lipinski definition) is 2. The molecule has 110 valence electrons. The predicted molar refractivity (Wildman–Crippen MR) is 73.3 cm³/mol. The lowest BCUT2D eigenvalue weighted by Gasteiger charge is -2.36. The van der Waals surface area contributed by atoms with Crippen molar-refractivity contribution in [3.8, 4) is 0 Å². The standard InChI is InChI=1S/C14H26N2O3/c1-3-15-14(13(17)18)7-4-11(10-14)16-8-5-12(19-2)6-9-16/h11-12,15H,3-10H2,1-2H3,(H,17,18). The molecule has 1 aliphatic carbocycles. The number of aliphatic carboxylic acids is 1. The number of carboxylic acids is 1. The fraction of sp³-hybridized carbons (Fsp3) is 0.929. The van der Waals surface area contributed by atoms with Crippen molar-refractivity contribution in [3.63, 3.8) is 0 Å². The second-order valence-electron chi connectivity index (χ2n) is 5.79. The van der Waals surface area contributed by atoms with E-state index in [4.69, 9.17) is 4.74 Å². The molecule has 1 saturated heterocycles. The molecule has 0 spiro atoms. The highest BCUT2D eigenvalue weighted by atomic mass is 16.5. The van der Waals surface area contributed by atoms with Crippen molar-refractivity contribution in [1.82, 2.24) is 10.2 Å². The largest absolute Gasteiger partial charge is 0.480 e. The molecular formula is C14H26N2O3. The molecule has 0 amide bonds. The molecule has 2 fully saturated rings. The number of ether oxygens (including phenoxy) is 1. The number of nitrogens with one attached hydrogen (secondary N) is 1. The summed E-state index contributed by atoms with van der Waals surface area (Å²) in [6.07, 6.45) is 4.97. The smallest absolute Gasteiger partial charge is 0.323 e. The normalized spacial score (nSPS) is 33.7. The molecule has 5 nitrogen and oxygen atoms in total. The number of carboxylic acid groups (broad SMARTS) is 1. The van der Waals surface area contributed by atoms with Crippen LogP contribution in [0.25, 0.3) is 0 Å². The van der Waals surface area contributed by atoms with E-state index in [1.54, 1.807) is 7.11 Å². The van der Waals surface area contributed by atoms with Crippen LogP contribution in [0.3, 0.4) is 0 Å². The first-order chi connectivity index (χ1) is 9.11. The third-order valence-electron chi connectivity index (χ3n) is 4.74. The molecule has 2 aliphatic rings. The topological polar surface area (TPSA) is 61.8 Å². The van der Waals surface area contributed by atoms with E-state index in [1.807, 2.05) is 6.92 Å². The molecule has 2 atom stereocenters. The average molecular weight is 270 g/mol. The minimum absolute atomic E-state index is 0.385. The van der Waals surface area contributed by atoms with Crippen LogP contribution in [0.4, 0.5) is 0 Å². The molecule has 5 heteroatoms. The number of likely N-dealkylation sites (tertiary alicyclic amines) is 1. The van der Waals surface area contributed by atoms with Crippen LogP contribution < -0.4 is 5.32 Å². The van der Waals surface area contributed by atoms with E-state index in [9.17, 15) is 9.90 Å². The summed E-state index contributed by atoms with van der Waals surface area (Å²) in [5, 5.41) is 12.7. The van der Waals surface area contributed by atoms with E-state index in [0.717, 1.165) is 45.2 Å². The van der Waals surface area contributed by atoms with Crippen molar-refractivity contribution in [3.05, 3.63) is 0 Å². The fourth-order valence-electron chi connectivity index (χ4n) is 3.58. The van der Waals surface area contributed by atoms with Crippen molar-refractivity contribution in [1.29, 1.82) is 0 Å². The summed E-state index contributed by atoms with van der Waals surface area (Å²) in [7, 11) is 1.77. The minimum atomic E-state index is -0.697. The van der Waals surface area contributed by atoms with Crippen molar-refractivity contribution < 1.29 is 14.6 Å². The number of piperidine rings is 1. The van der Waals surface area contributed by atoms with Gasteiger partial charge >= 0.3 is 5.97 Å². The first-order valence-corrected chi connectivity index (χ1v) is 7.36. The quantitative estimate of drug-likeness (QED) is 0.783. The van der Waals surface area contributed by atoms with Gasteiger partial charge in [-0.05, 0) is 38.6 Å². The summed E-state index contributed by atoms with van der Waals surface area (Å²) in [6.45, 7) is 4.75. The molecule has 19 heavy (non-hydrogen) atoms. The Balaban J connectivity index is 1.92. The van der Waals surface area contributed by atoms with Gasteiger partial charge in [0.1, 0.15) is 5.54 Å². The summed E-state index contributed by atoms with van der Waals surface area (Å²) in [5.41, 5.74) is -0.697. The number of carbonyl (C=O) groups is 1. The van der Waals surface area contributed by atoms with Crippen molar-refractivity contribution in [2.24, 2.45) is 0 Å². The van der Waals surface area contributed by atoms with Crippen LogP contribution in [0.2, 0.25) is 0 Å². The van der Waals surface area contributed by atoms with Gasteiger partial charge in [-0.25, -0.2) is 0 Å². The lowest BCUT2D eigenvalue weighted by molar-refractivity contribution is -0.144. The van der Waals surface area contributed by atoms with Gasteiger partial charge in [0.05, 0.1) is 6.10 Å². The molecule has 0 bridgehead atoms. The summed E-state index contributed by atoms with van der Waals surface area (Å²) >= 11 is 0. The van der Waals surface area contributed by atoms with E-state index in [0.29, 0.717) is 18.7 Å². The van der Waals surface area contributed by atoms with Crippen LogP contribution in [0, 0.1) is 0 Å². The molecule has 1 saturated carbocycles. The van der Waals surface area contributed by atoms with Gasteiger partial charge in [-0.1, -0.05) is 6.92 Å².